The van der Waals surface area contributed by atoms with E-state index in [1.165, 1.54) is 10.9 Å². The van der Waals surface area contributed by atoms with E-state index in [1.54, 1.807) is 19.4 Å². The number of nitrogen functional groups attached to an aromatic ring is 1. The summed E-state index contributed by atoms with van der Waals surface area (Å²) < 4.78 is 2.33. The second-order valence-corrected chi connectivity index (χ2v) is 4.59. The lowest BCUT2D eigenvalue weighted by Gasteiger charge is -2.01. The zero-order valence-corrected chi connectivity index (χ0v) is 10.8. The van der Waals surface area contributed by atoms with Gasteiger partial charge in [-0.05, 0) is 27.6 Å². The zero-order chi connectivity index (χ0) is 12.4. The molecule has 2 N–H and O–H groups in total. The molecule has 0 saturated heterocycles. The SMILES string of the molecule is Cn1ncc(C(=O)Cc2cncc(Br)c2)c1N. The Bertz CT molecular complexity index is 564. The highest BCUT2D eigenvalue weighted by atomic mass is 79.9. The molecule has 0 spiro atoms. The fourth-order valence-corrected chi connectivity index (χ4v) is 1.91. The van der Waals surface area contributed by atoms with Crippen molar-refractivity contribution in [2.75, 3.05) is 5.73 Å². The van der Waals surface area contributed by atoms with Crippen molar-refractivity contribution in [1.82, 2.24) is 14.8 Å². The lowest BCUT2D eigenvalue weighted by Crippen LogP contribution is -2.07. The van der Waals surface area contributed by atoms with Crippen LogP contribution in [-0.4, -0.2) is 20.5 Å². The summed E-state index contributed by atoms with van der Waals surface area (Å²) >= 11 is 3.31. The predicted molar refractivity (Wildman–Crippen MR) is 67.6 cm³/mol. The molecule has 0 atom stereocenters. The summed E-state index contributed by atoms with van der Waals surface area (Å²) in [6, 6.07) is 1.86. The number of anilines is 1. The maximum Gasteiger partial charge on any atom is 0.172 e. The van der Waals surface area contributed by atoms with Crippen LogP contribution in [0.15, 0.2) is 29.1 Å². The first-order chi connectivity index (χ1) is 8.08. The lowest BCUT2D eigenvalue weighted by molar-refractivity contribution is 0.0993. The van der Waals surface area contributed by atoms with Crippen molar-refractivity contribution < 1.29 is 4.79 Å². The van der Waals surface area contributed by atoms with E-state index in [-0.39, 0.29) is 12.2 Å². The number of pyridine rings is 1. The molecule has 0 radical (unpaired) electrons. The lowest BCUT2D eigenvalue weighted by atomic mass is 10.1. The molecule has 0 aliphatic heterocycles. The molecule has 2 rings (SSSR count). The van der Waals surface area contributed by atoms with Crippen molar-refractivity contribution in [2.45, 2.75) is 6.42 Å². The number of ketones is 1. The Morgan fingerprint density at radius 1 is 1.47 bits per heavy atom. The molecule has 0 fully saturated rings. The van der Waals surface area contributed by atoms with E-state index in [0.29, 0.717) is 11.4 Å². The summed E-state index contributed by atoms with van der Waals surface area (Å²) in [6.07, 6.45) is 5.09. The highest BCUT2D eigenvalue weighted by Crippen LogP contribution is 2.15. The number of hydrogen-bond donors (Lipinski definition) is 1. The Balaban J connectivity index is 2.20. The molecule has 17 heavy (non-hydrogen) atoms. The number of aromatic nitrogens is 3. The number of nitrogens with zero attached hydrogens (tertiary/aromatic N) is 3. The molecule has 0 saturated carbocycles. The fourth-order valence-electron chi connectivity index (χ4n) is 1.49. The van der Waals surface area contributed by atoms with Crippen LogP contribution in [0.4, 0.5) is 5.82 Å². The summed E-state index contributed by atoms with van der Waals surface area (Å²) in [5, 5.41) is 3.94. The predicted octanol–water partition coefficient (Wildman–Crippen LogP) is 1.59. The van der Waals surface area contributed by atoms with Crippen molar-refractivity contribution in [1.29, 1.82) is 0 Å². The molecule has 0 aliphatic carbocycles. The van der Waals surface area contributed by atoms with Gasteiger partial charge >= 0.3 is 0 Å². The van der Waals surface area contributed by atoms with Gasteiger partial charge in [0.05, 0.1) is 11.8 Å². The second-order valence-electron chi connectivity index (χ2n) is 3.68. The average Bonchev–Trinajstić information content (AvgIpc) is 2.60. The highest BCUT2D eigenvalue weighted by Gasteiger charge is 2.14. The van der Waals surface area contributed by atoms with Gasteiger partial charge in [-0.15, -0.1) is 0 Å². The number of carbonyl (C=O) groups is 1. The van der Waals surface area contributed by atoms with Crippen LogP contribution in [0.25, 0.3) is 0 Å². The first-order valence-corrected chi connectivity index (χ1v) is 5.77. The van der Waals surface area contributed by atoms with Crippen molar-refractivity contribution in [3.05, 3.63) is 40.3 Å². The third-order valence-electron chi connectivity index (χ3n) is 2.41. The van der Waals surface area contributed by atoms with Gasteiger partial charge < -0.3 is 5.73 Å². The quantitative estimate of drug-likeness (QED) is 0.873. The molecule has 88 valence electrons. The summed E-state index contributed by atoms with van der Waals surface area (Å²) in [4.78, 5) is 16.0. The van der Waals surface area contributed by atoms with Crippen LogP contribution in [0.1, 0.15) is 15.9 Å². The van der Waals surface area contributed by atoms with Gasteiger partial charge in [0.25, 0.3) is 0 Å². The first kappa shape index (κ1) is 11.8. The number of nitrogens with two attached hydrogens (primary N) is 1. The van der Waals surface area contributed by atoms with Crippen LogP contribution in [-0.2, 0) is 13.5 Å². The molecule has 0 aliphatic rings. The van der Waals surface area contributed by atoms with Gasteiger partial charge in [-0.2, -0.15) is 5.10 Å². The summed E-state index contributed by atoms with van der Waals surface area (Å²) in [6.45, 7) is 0. The third kappa shape index (κ3) is 2.52. The smallest absolute Gasteiger partial charge is 0.172 e. The molecule has 5 nitrogen and oxygen atoms in total. The molecular weight excluding hydrogens is 284 g/mol. The molecule has 0 bridgehead atoms. The summed E-state index contributed by atoms with van der Waals surface area (Å²) in [5.74, 6) is 0.327. The van der Waals surface area contributed by atoms with E-state index in [0.717, 1.165) is 10.0 Å². The molecule has 6 heteroatoms. The zero-order valence-electron chi connectivity index (χ0n) is 9.22. The van der Waals surface area contributed by atoms with Crippen molar-refractivity contribution in [3.8, 4) is 0 Å². The first-order valence-electron chi connectivity index (χ1n) is 4.98. The van der Waals surface area contributed by atoms with E-state index < -0.39 is 0 Å². The molecule has 2 aromatic rings. The molecule has 0 aromatic carbocycles. The van der Waals surface area contributed by atoms with Gasteiger partial charge in [0.2, 0.25) is 0 Å². The average molecular weight is 295 g/mol. The minimum absolute atomic E-state index is 0.0597. The van der Waals surface area contributed by atoms with Gasteiger partial charge in [0, 0.05) is 30.3 Å². The molecule has 2 aromatic heterocycles. The van der Waals surface area contributed by atoms with Gasteiger partial charge in [0.1, 0.15) is 5.82 Å². The molecular formula is C11H11BrN4O. The number of halogens is 1. The third-order valence-corrected chi connectivity index (χ3v) is 2.84. The summed E-state index contributed by atoms with van der Waals surface area (Å²) in [5.41, 5.74) is 7.03. The monoisotopic (exact) mass is 294 g/mol. The van der Waals surface area contributed by atoms with Crippen LogP contribution < -0.4 is 5.73 Å². The molecule has 0 amide bonds. The van der Waals surface area contributed by atoms with Crippen LogP contribution in [0.5, 0.6) is 0 Å². The van der Waals surface area contributed by atoms with E-state index in [2.05, 4.69) is 26.0 Å². The van der Waals surface area contributed by atoms with Crippen LogP contribution in [0, 0.1) is 0 Å². The van der Waals surface area contributed by atoms with Gasteiger partial charge in [-0.3, -0.25) is 14.5 Å². The molecule has 2 heterocycles. The largest absolute Gasteiger partial charge is 0.383 e. The maximum atomic E-state index is 12.0. The van der Waals surface area contributed by atoms with Crippen LogP contribution >= 0.6 is 15.9 Å². The standard InChI is InChI=1S/C11H11BrN4O/c1-16-11(13)9(6-15-16)10(17)3-7-2-8(12)5-14-4-7/h2,4-6H,3,13H2,1H3. The Hall–Kier alpha value is -1.69. The second kappa shape index (κ2) is 4.67. The van der Waals surface area contributed by atoms with Gasteiger partial charge in [-0.25, -0.2) is 0 Å². The van der Waals surface area contributed by atoms with Gasteiger partial charge in [0.15, 0.2) is 5.78 Å². The number of hydrogen-bond acceptors (Lipinski definition) is 4. The summed E-state index contributed by atoms with van der Waals surface area (Å²) in [7, 11) is 1.70. The Kier molecular flexibility index (Phi) is 3.23. The maximum absolute atomic E-state index is 12.0. The minimum Gasteiger partial charge on any atom is -0.383 e. The van der Waals surface area contributed by atoms with E-state index in [9.17, 15) is 4.79 Å². The molecule has 0 unspecified atom stereocenters. The van der Waals surface area contributed by atoms with Crippen molar-refractivity contribution in [3.63, 3.8) is 0 Å². The highest BCUT2D eigenvalue weighted by molar-refractivity contribution is 9.10. The number of aryl methyl sites for hydroxylation is 1. The Morgan fingerprint density at radius 3 is 2.82 bits per heavy atom. The van der Waals surface area contributed by atoms with Gasteiger partial charge in [-0.1, -0.05) is 0 Å². The van der Waals surface area contributed by atoms with E-state index in [1.807, 2.05) is 6.07 Å². The van der Waals surface area contributed by atoms with E-state index >= 15 is 0 Å². The topological polar surface area (TPSA) is 73.8 Å². The van der Waals surface area contributed by atoms with Crippen molar-refractivity contribution >= 4 is 27.5 Å². The normalized spacial score (nSPS) is 10.5. The van der Waals surface area contributed by atoms with Crippen LogP contribution in [0.2, 0.25) is 0 Å². The minimum atomic E-state index is -0.0597. The fraction of sp³-hybridized carbons (Fsp3) is 0.182. The number of rotatable bonds is 3. The number of carbonyl (C=O) groups excluding carboxylic acids is 1. The van der Waals surface area contributed by atoms with Crippen molar-refractivity contribution in [2.24, 2.45) is 7.05 Å². The Morgan fingerprint density at radius 2 is 2.24 bits per heavy atom. The Labute approximate surface area is 107 Å². The van der Waals surface area contributed by atoms with E-state index in [4.69, 9.17) is 5.73 Å². The van der Waals surface area contributed by atoms with Crippen LogP contribution in [0.3, 0.4) is 0 Å². The number of Topliss-reactive ketones (excluding diaryl/α,β-unsaturated/α-hetero) is 1.